The number of nitrogens with zero attached hydrogens (tertiary/aromatic N) is 3. The van der Waals surface area contributed by atoms with Gasteiger partial charge in [-0.15, -0.1) is 0 Å². The summed E-state index contributed by atoms with van der Waals surface area (Å²) in [5.41, 5.74) is 15.3. The standard InChI is InChI=1S/C28H34N6O3S/c1-16-9-10-17(2)21(15-16)34(28(37)25-22(29)23(26(30)35)32-38-25)24(27(36)31-19-7-5-6-8-19)18-11-13-20(14-12-18)33(3)4/h9-15,19,24H,5-8,29H2,1-4H3,(H2,30,35)(H,31,36)/t24-/m0/s1. The Bertz CT molecular complexity index is 1350. The summed E-state index contributed by atoms with van der Waals surface area (Å²) in [6, 6.07) is 12.4. The van der Waals surface area contributed by atoms with E-state index in [-0.39, 0.29) is 28.2 Å². The van der Waals surface area contributed by atoms with Crippen molar-refractivity contribution in [3.05, 3.63) is 69.7 Å². The third-order valence-electron chi connectivity index (χ3n) is 6.93. The van der Waals surface area contributed by atoms with Crippen LogP contribution in [0.3, 0.4) is 0 Å². The lowest BCUT2D eigenvalue weighted by atomic mass is 9.99. The van der Waals surface area contributed by atoms with Crippen molar-refractivity contribution in [2.24, 2.45) is 5.73 Å². The molecule has 0 saturated heterocycles. The van der Waals surface area contributed by atoms with Crippen molar-refractivity contribution in [3.8, 4) is 0 Å². The maximum Gasteiger partial charge on any atom is 0.273 e. The minimum atomic E-state index is -0.988. The maximum absolute atomic E-state index is 14.3. The Morgan fingerprint density at radius 2 is 1.71 bits per heavy atom. The first kappa shape index (κ1) is 27.1. The van der Waals surface area contributed by atoms with Crippen LogP contribution in [0.15, 0.2) is 42.5 Å². The van der Waals surface area contributed by atoms with Crippen molar-refractivity contribution in [2.45, 2.75) is 51.6 Å². The maximum atomic E-state index is 14.3. The van der Waals surface area contributed by atoms with Crippen molar-refractivity contribution in [1.29, 1.82) is 0 Å². The molecule has 0 radical (unpaired) electrons. The molecule has 3 aromatic rings. The quantitative estimate of drug-likeness (QED) is 0.401. The Morgan fingerprint density at radius 1 is 1.05 bits per heavy atom. The Balaban J connectivity index is 1.89. The second kappa shape index (κ2) is 11.2. The first-order valence-corrected chi connectivity index (χ1v) is 13.4. The van der Waals surface area contributed by atoms with Crippen LogP contribution in [0.1, 0.15) is 68.6 Å². The number of primary amides is 1. The second-order valence-electron chi connectivity index (χ2n) is 9.98. The summed E-state index contributed by atoms with van der Waals surface area (Å²) in [6.45, 7) is 3.82. The van der Waals surface area contributed by atoms with Crippen LogP contribution < -0.4 is 26.6 Å². The topological polar surface area (TPSA) is 135 Å². The van der Waals surface area contributed by atoms with Crippen molar-refractivity contribution in [3.63, 3.8) is 0 Å². The predicted octanol–water partition coefficient (Wildman–Crippen LogP) is 3.95. The summed E-state index contributed by atoms with van der Waals surface area (Å²) in [5, 5.41) is 3.18. The van der Waals surface area contributed by atoms with Gasteiger partial charge in [-0.3, -0.25) is 19.3 Å². The highest BCUT2D eigenvalue weighted by Crippen LogP contribution is 2.36. The first-order chi connectivity index (χ1) is 18.1. The number of carbonyl (C=O) groups excluding carboxylic acids is 3. The van der Waals surface area contributed by atoms with E-state index in [2.05, 4.69) is 9.69 Å². The van der Waals surface area contributed by atoms with Gasteiger partial charge in [-0.25, -0.2) is 0 Å². The molecule has 0 aliphatic heterocycles. The summed E-state index contributed by atoms with van der Waals surface area (Å²) in [6.07, 6.45) is 3.92. The lowest BCUT2D eigenvalue weighted by molar-refractivity contribution is -0.123. The van der Waals surface area contributed by atoms with Gasteiger partial charge in [-0.2, -0.15) is 4.37 Å². The molecule has 0 spiro atoms. The smallest absolute Gasteiger partial charge is 0.273 e. The second-order valence-corrected chi connectivity index (χ2v) is 10.8. The average Bonchev–Trinajstić information content (AvgIpc) is 3.53. The van der Waals surface area contributed by atoms with Gasteiger partial charge in [0.1, 0.15) is 10.9 Å². The Kier molecular flexibility index (Phi) is 8.01. The lowest BCUT2D eigenvalue weighted by Crippen LogP contribution is -2.46. The van der Waals surface area contributed by atoms with E-state index in [0.29, 0.717) is 11.3 Å². The minimum Gasteiger partial charge on any atom is -0.395 e. The third kappa shape index (κ3) is 5.50. The van der Waals surface area contributed by atoms with Crippen LogP contribution in [0.25, 0.3) is 0 Å². The van der Waals surface area contributed by atoms with Gasteiger partial charge in [0, 0.05) is 31.5 Å². The number of aryl methyl sites for hydroxylation is 2. The summed E-state index contributed by atoms with van der Waals surface area (Å²) in [7, 11) is 3.88. The lowest BCUT2D eigenvalue weighted by Gasteiger charge is -2.33. The van der Waals surface area contributed by atoms with E-state index >= 15 is 0 Å². The highest BCUT2D eigenvalue weighted by atomic mass is 32.1. The van der Waals surface area contributed by atoms with Crippen LogP contribution in [0, 0.1) is 13.8 Å². The molecule has 1 fully saturated rings. The molecule has 1 heterocycles. The molecule has 3 amide bonds. The Hall–Kier alpha value is -3.92. The molecule has 0 unspecified atom stereocenters. The van der Waals surface area contributed by atoms with Gasteiger partial charge < -0.3 is 21.7 Å². The van der Waals surface area contributed by atoms with Crippen molar-refractivity contribution in [2.75, 3.05) is 29.6 Å². The van der Waals surface area contributed by atoms with Crippen molar-refractivity contribution in [1.82, 2.24) is 9.69 Å². The first-order valence-electron chi connectivity index (χ1n) is 12.6. The largest absolute Gasteiger partial charge is 0.395 e. The molecule has 5 N–H and O–H groups in total. The number of carbonyl (C=O) groups is 3. The van der Waals surface area contributed by atoms with E-state index in [1.807, 2.05) is 75.3 Å². The van der Waals surface area contributed by atoms with Crippen LogP contribution >= 0.6 is 11.5 Å². The zero-order chi connectivity index (χ0) is 27.6. The third-order valence-corrected chi connectivity index (χ3v) is 7.78. The number of aromatic nitrogens is 1. The fraction of sp³-hybridized carbons (Fsp3) is 0.357. The van der Waals surface area contributed by atoms with E-state index in [1.165, 1.54) is 4.90 Å². The fourth-order valence-corrected chi connectivity index (χ4v) is 5.55. The van der Waals surface area contributed by atoms with Crippen LogP contribution in [0.4, 0.5) is 17.1 Å². The molecule has 200 valence electrons. The van der Waals surface area contributed by atoms with Crippen molar-refractivity contribution >= 4 is 46.3 Å². The zero-order valence-electron chi connectivity index (χ0n) is 22.2. The normalized spacial score (nSPS) is 14.2. The number of nitrogen functional groups attached to an aromatic ring is 1. The van der Waals surface area contributed by atoms with Crippen LogP contribution in [-0.4, -0.2) is 42.2 Å². The molecule has 1 aliphatic carbocycles. The van der Waals surface area contributed by atoms with Crippen LogP contribution in [-0.2, 0) is 4.79 Å². The zero-order valence-corrected chi connectivity index (χ0v) is 23.0. The predicted molar refractivity (Wildman–Crippen MR) is 152 cm³/mol. The molecular formula is C28H34N6O3S. The SMILES string of the molecule is Cc1ccc(C)c(N(C(=O)c2snc(C(N)=O)c2N)[C@H](C(=O)NC2CCCC2)c2ccc(N(C)C)cc2)c1. The van der Waals surface area contributed by atoms with E-state index in [9.17, 15) is 14.4 Å². The van der Waals surface area contributed by atoms with E-state index in [0.717, 1.165) is 54.0 Å². The number of nitrogens with two attached hydrogens (primary N) is 2. The number of amides is 3. The Labute approximate surface area is 227 Å². The van der Waals surface area contributed by atoms with Crippen molar-refractivity contribution < 1.29 is 14.4 Å². The minimum absolute atomic E-state index is 0.0524. The van der Waals surface area contributed by atoms with E-state index in [4.69, 9.17) is 11.5 Å². The van der Waals surface area contributed by atoms with Crippen LogP contribution in [0.2, 0.25) is 0 Å². The highest BCUT2D eigenvalue weighted by Gasteiger charge is 2.37. The number of rotatable bonds is 8. The summed E-state index contributed by atoms with van der Waals surface area (Å²) >= 11 is 0.804. The average molecular weight is 535 g/mol. The van der Waals surface area contributed by atoms with E-state index in [1.54, 1.807) is 0 Å². The molecule has 4 rings (SSSR count). The number of hydrogen-bond acceptors (Lipinski definition) is 7. The summed E-state index contributed by atoms with van der Waals surface area (Å²) < 4.78 is 4.03. The molecule has 10 heteroatoms. The van der Waals surface area contributed by atoms with E-state index < -0.39 is 17.9 Å². The molecule has 1 atom stereocenters. The van der Waals surface area contributed by atoms with Gasteiger partial charge in [0.05, 0.1) is 5.69 Å². The van der Waals surface area contributed by atoms with Gasteiger partial charge in [0.25, 0.3) is 11.8 Å². The monoisotopic (exact) mass is 534 g/mol. The Morgan fingerprint density at radius 3 is 2.29 bits per heavy atom. The fourth-order valence-electron chi connectivity index (χ4n) is 4.81. The molecule has 1 saturated carbocycles. The molecule has 1 aromatic heterocycles. The number of anilines is 3. The molecular weight excluding hydrogens is 500 g/mol. The van der Waals surface area contributed by atoms with Crippen LogP contribution in [0.5, 0.6) is 0 Å². The molecule has 0 bridgehead atoms. The van der Waals surface area contributed by atoms with Gasteiger partial charge in [-0.1, -0.05) is 37.1 Å². The molecule has 2 aromatic carbocycles. The summed E-state index contributed by atoms with van der Waals surface area (Å²) in [4.78, 5) is 43.6. The molecule has 38 heavy (non-hydrogen) atoms. The highest BCUT2D eigenvalue weighted by molar-refractivity contribution is 7.09. The molecule has 9 nitrogen and oxygen atoms in total. The molecule has 1 aliphatic rings. The number of hydrogen-bond donors (Lipinski definition) is 3. The van der Waals surface area contributed by atoms with Gasteiger partial charge in [0.2, 0.25) is 5.91 Å². The number of nitrogens with one attached hydrogen (secondary N) is 1. The summed E-state index contributed by atoms with van der Waals surface area (Å²) in [5.74, 6) is -1.61. The van der Waals surface area contributed by atoms with Gasteiger partial charge in [-0.05, 0) is 73.1 Å². The number of benzene rings is 2. The van der Waals surface area contributed by atoms with Gasteiger partial charge in [0.15, 0.2) is 5.69 Å². The van der Waals surface area contributed by atoms with Gasteiger partial charge >= 0.3 is 0 Å².